The molecule has 1 aliphatic rings. The van der Waals surface area contributed by atoms with Crippen molar-refractivity contribution >= 4 is 0 Å². The monoisotopic (exact) mass is 195 g/mol. The quantitative estimate of drug-likeness (QED) is 0.780. The first kappa shape index (κ1) is 9.52. The van der Waals surface area contributed by atoms with Gasteiger partial charge in [0.2, 0.25) is 0 Å². The minimum absolute atomic E-state index is 0.587. The molecular weight excluding hydrogens is 178 g/mol. The van der Waals surface area contributed by atoms with Crippen LogP contribution in [0, 0.1) is 0 Å². The van der Waals surface area contributed by atoms with Gasteiger partial charge in [-0.1, -0.05) is 0 Å². The van der Waals surface area contributed by atoms with Gasteiger partial charge in [0.05, 0.1) is 25.5 Å². The fourth-order valence-electron chi connectivity index (χ4n) is 1.82. The lowest BCUT2D eigenvalue weighted by atomic mass is 10.2. The van der Waals surface area contributed by atoms with E-state index in [-0.39, 0.29) is 0 Å². The number of hydrogen-bond acceptors (Lipinski definition) is 3. The lowest BCUT2D eigenvalue weighted by molar-refractivity contribution is 0.339. The van der Waals surface area contributed by atoms with Gasteiger partial charge in [-0.15, -0.1) is 0 Å². The van der Waals surface area contributed by atoms with Gasteiger partial charge < -0.3 is 10.1 Å². The Hall–Kier alpha value is -1.03. The first-order valence-electron chi connectivity index (χ1n) is 5.27. The molecule has 1 saturated heterocycles. The first-order chi connectivity index (χ1) is 6.88. The van der Waals surface area contributed by atoms with Crippen LogP contribution in [0.15, 0.2) is 12.4 Å². The van der Waals surface area contributed by atoms with Crippen LogP contribution in [0.5, 0.6) is 5.75 Å². The van der Waals surface area contributed by atoms with Crippen molar-refractivity contribution in [1.82, 2.24) is 15.1 Å². The van der Waals surface area contributed by atoms with Crippen molar-refractivity contribution in [3.05, 3.63) is 12.4 Å². The molecule has 0 amide bonds. The van der Waals surface area contributed by atoms with E-state index < -0.39 is 0 Å². The lowest BCUT2D eigenvalue weighted by Gasteiger charge is -2.09. The Bertz CT molecular complexity index is 279. The maximum atomic E-state index is 5.35. The molecule has 78 valence electrons. The molecule has 0 saturated carbocycles. The molecule has 2 rings (SSSR count). The molecule has 4 heteroatoms. The van der Waals surface area contributed by atoms with Crippen LogP contribution < -0.4 is 10.1 Å². The minimum atomic E-state index is 0.587. The summed E-state index contributed by atoms with van der Waals surface area (Å²) in [7, 11) is 0. The van der Waals surface area contributed by atoms with Crippen molar-refractivity contribution in [2.24, 2.45) is 0 Å². The number of aromatic nitrogens is 2. The van der Waals surface area contributed by atoms with E-state index in [0.29, 0.717) is 12.6 Å². The van der Waals surface area contributed by atoms with Crippen molar-refractivity contribution in [2.45, 2.75) is 32.4 Å². The van der Waals surface area contributed by atoms with Crippen molar-refractivity contribution in [2.75, 3.05) is 13.2 Å². The van der Waals surface area contributed by atoms with Crippen molar-refractivity contribution in [3.8, 4) is 5.75 Å². The van der Waals surface area contributed by atoms with Crippen molar-refractivity contribution < 1.29 is 4.74 Å². The van der Waals surface area contributed by atoms with Crippen LogP contribution >= 0.6 is 0 Å². The molecule has 1 aromatic rings. The van der Waals surface area contributed by atoms with Crippen LogP contribution in [0.2, 0.25) is 0 Å². The van der Waals surface area contributed by atoms with Gasteiger partial charge in [-0.25, -0.2) is 0 Å². The highest BCUT2D eigenvalue weighted by Gasteiger charge is 2.14. The summed E-state index contributed by atoms with van der Waals surface area (Å²) in [6, 6.07) is 0.587. The fraction of sp³-hybridized carbons (Fsp3) is 0.700. The maximum Gasteiger partial charge on any atom is 0.157 e. The van der Waals surface area contributed by atoms with Crippen molar-refractivity contribution in [3.63, 3.8) is 0 Å². The average molecular weight is 195 g/mol. The maximum absolute atomic E-state index is 5.35. The summed E-state index contributed by atoms with van der Waals surface area (Å²) in [6.07, 6.45) is 6.27. The largest absolute Gasteiger partial charge is 0.491 e. The van der Waals surface area contributed by atoms with Crippen LogP contribution in [0.4, 0.5) is 0 Å². The Balaban J connectivity index is 1.88. The highest BCUT2D eigenvalue weighted by Crippen LogP contribution is 2.11. The molecule has 1 unspecified atom stereocenters. The smallest absolute Gasteiger partial charge is 0.157 e. The van der Waals surface area contributed by atoms with E-state index in [2.05, 4.69) is 10.4 Å². The highest BCUT2D eigenvalue weighted by molar-refractivity contribution is 5.11. The zero-order valence-corrected chi connectivity index (χ0v) is 8.57. The standard InChI is InChI=1S/C10H17N3O/c1-2-14-10-6-12-13(8-10)7-9-4-3-5-11-9/h6,8-9,11H,2-5,7H2,1H3. The van der Waals surface area contributed by atoms with Gasteiger partial charge >= 0.3 is 0 Å². The van der Waals surface area contributed by atoms with Crippen LogP contribution in [0.3, 0.4) is 0 Å². The number of hydrogen-bond donors (Lipinski definition) is 1. The summed E-state index contributed by atoms with van der Waals surface area (Å²) >= 11 is 0. The molecule has 1 fully saturated rings. The van der Waals surface area contributed by atoms with E-state index in [0.717, 1.165) is 18.8 Å². The molecule has 2 heterocycles. The average Bonchev–Trinajstić information content (AvgIpc) is 2.79. The second-order valence-corrected chi connectivity index (χ2v) is 3.62. The lowest BCUT2D eigenvalue weighted by Crippen LogP contribution is -2.26. The Morgan fingerprint density at radius 1 is 1.71 bits per heavy atom. The molecule has 0 radical (unpaired) electrons. The summed E-state index contributed by atoms with van der Waals surface area (Å²) in [5, 5.41) is 7.69. The number of nitrogens with one attached hydrogen (secondary N) is 1. The normalized spacial score (nSPS) is 21.4. The third-order valence-corrected chi connectivity index (χ3v) is 2.49. The van der Waals surface area contributed by atoms with E-state index in [1.54, 1.807) is 6.20 Å². The molecule has 0 bridgehead atoms. The molecule has 14 heavy (non-hydrogen) atoms. The summed E-state index contributed by atoms with van der Waals surface area (Å²) in [6.45, 7) is 4.78. The van der Waals surface area contributed by atoms with Gasteiger partial charge in [-0.2, -0.15) is 5.10 Å². The topological polar surface area (TPSA) is 39.1 Å². The summed E-state index contributed by atoms with van der Waals surface area (Å²) in [5.41, 5.74) is 0. The van der Waals surface area contributed by atoms with Crippen LogP contribution in [0.1, 0.15) is 19.8 Å². The van der Waals surface area contributed by atoms with E-state index in [1.165, 1.54) is 12.8 Å². The molecule has 4 nitrogen and oxygen atoms in total. The molecule has 1 N–H and O–H groups in total. The van der Waals surface area contributed by atoms with Gasteiger partial charge in [0.15, 0.2) is 5.75 Å². The van der Waals surface area contributed by atoms with Crippen LogP contribution in [-0.2, 0) is 6.54 Å². The predicted octanol–water partition coefficient (Wildman–Crippen LogP) is 1.03. The van der Waals surface area contributed by atoms with Gasteiger partial charge in [-0.3, -0.25) is 4.68 Å². The predicted molar refractivity (Wildman–Crippen MR) is 54.4 cm³/mol. The Kier molecular flexibility index (Phi) is 3.03. The SMILES string of the molecule is CCOc1cnn(CC2CCCN2)c1. The van der Waals surface area contributed by atoms with Crippen LogP contribution in [-0.4, -0.2) is 29.0 Å². The Morgan fingerprint density at radius 2 is 2.64 bits per heavy atom. The highest BCUT2D eigenvalue weighted by atomic mass is 16.5. The van der Waals surface area contributed by atoms with E-state index >= 15 is 0 Å². The number of rotatable bonds is 4. The van der Waals surface area contributed by atoms with Crippen molar-refractivity contribution in [1.29, 1.82) is 0 Å². The molecule has 1 atom stereocenters. The van der Waals surface area contributed by atoms with Gasteiger partial charge in [0.25, 0.3) is 0 Å². The third kappa shape index (κ3) is 2.26. The zero-order chi connectivity index (χ0) is 9.80. The number of nitrogens with zero attached hydrogens (tertiary/aromatic N) is 2. The summed E-state index contributed by atoms with van der Waals surface area (Å²) in [4.78, 5) is 0. The molecule has 0 spiro atoms. The Labute approximate surface area is 84.3 Å². The molecule has 1 aliphatic heterocycles. The summed E-state index contributed by atoms with van der Waals surface area (Å²) < 4.78 is 7.30. The number of ether oxygens (including phenoxy) is 1. The molecular formula is C10H17N3O. The Morgan fingerprint density at radius 3 is 3.36 bits per heavy atom. The molecule has 0 aromatic carbocycles. The van der Waals surface area contributed by atoms with Gasteiger partial charge in [0.1, 0.15) is 0 Å². The van der Waals surface area contributed by atoms with Gasteiger partial charge in [-0.05, 0) is 26.3 Å². The second-order valence-electron chi connectivity index (χ2n) is 3.62. The van der Waals surface area contributed by atoms with E-state index in [9.17, 15) is 0 Å². The molecule has 1 aromatic heterocycles. The first-order valence-corrected chi connectivity index (χ1v) is 5.27. The van der Waals surface area contributed by atoms with E-state index in [4.69, 9.17) is 4.74 Å². The minimum Gasteiger partial charge on any atom is -0.491 e. The fourth-order valence-corrected chi connectivity index (χ4v) is 1.82. The van der Waals surface area contributed by atoms with E-state index in [1.807, 2.05) is 17.8 Å². The zero-order valence-electron chi connectivity index (χ0n) is 8.57. The summed E-state index contributed by atoms with van der Waals surface area (Å²) in [5.74, 6) is 0.866. The van der Waals surface area contributed by atoms with Crippen LogP contribution in [0.25, 0.3) is 0 Å². The molecule has 0 aliphatic carbocycles. The third-order valence-electron chi connectivity index (χ3n) is 2.49. The second kappa shape index (κ2) is 4.46. The van der Waals surface area contributed by atoms with Gasteiger partial charge in [0, 0.05) is 6.04 Å².